The molecule has 0 aliphatic carbocycles. The number of aliphatic hydroxyl groups excluding tert-OH is 5. The number of rotatable bonds is 8. The molecular formula is C28H31FN2O8. The van der Waals surface area contributed by atoms with E-state index in [0.29, 0.717) is 28.1 Å². The first-order valence-electron chi connectivity index (χ1n) is 12.3. The molecule has 2 heterocycles. The number of benzene rings is 2. The fraction of sp³-hybridized carbons (Fsp3) is 0.357. The minimum absolute atomic E-state index is 0.293. The van der Waals surface area contributed by atoms with Crippen LogP contribution in [-0.4, -0.2) is 92.5 Å². The number of allylic oxidation sites excluding steroid dienone is 1. The zero-order chi connectivity index (χ0) is 28.6. The Labute approximate surface area is 224 Å². The molecule has 0 spiro atoms. The first-order valence-corrected chi connectivity index (χ1v) is 12.3. The van der Waals surface area contributed by atoms with Crippen molar-refractivity contribution in [3.05, 3.63) is 76.8 Å². The fourth-order valence-corrected chi connectivity index (χ4v) is 4.66. The van der Waals surface area contributed by atoms with Crippen molar-refractivity contribution in [2.24, 2.45) is 0 Å². The number of halogens is 1. The Balaban J connectivity index is 1.53. The first-order chi connectivity index (χ1) is 18.3. The van der Waals surface area contributed by atoms with E-state index in [1.54, 1.807) is 30.3 Å². The largest absolute Gasteiger partial charge is 0.482 e. The van der Waals surface area contributed by atoms with Crippen LogP contribution in [0, 0.1) is 5.82 Å². The average molecular weight is 543 g/mol. The van der Waals surface area contributed by atoms with Gasteiger partial charge in [0.1, 0.15) is 41.6 Å². The van der Waals surface area contributed by atoms with Gasteiger partial charge in [0, 0.05) is 30.3 Å². The molecule has 2 aromatic carbocycles. The molecule has 0 aromatic heterocycles. The van der Waals surface area contributed by atoms with Gasteiger partial charge in [0.15, 0.2) is 0 Å². The van der Waals surface area contributed by atoms with Crippen LogP contribution < -0.4 is 5.32 Å². The van der Waals surface area contributed by atoms with Crippen LogP contribution in [0.15, 0.2) is 54.3 Å². The topological polar surface area (TPSA) is 160 Å². The van der Waals surface area contributed by atoms with Gasteiger partial charge in [-0.15, -0.1) is 0 Å². The highest BCUT2D eigenvalue weighted by atomic mass is 19.1. The number of nitrogens with one attached hydrogen (secondary N) is 1. The second-order valence-corrected chi connectivity index (χ2v) is 10.1. The van der Waals surface area contributed by atoms with Crippen molar-refractivity contribution in [3.63, 3.8) is 0 Å². The molecule has 10 nitrogen and oxygen atoms in total. The standard InChI is InChI=1S/C28H31FN2O8/c1-28(2)18(11-22(39-28)23-17-9-8-16(29)10-19(17)30-26(23)37)14-4-6-15(7-5-14)27(38)31(3)12-20(33)24(35)25(36)21(34)13-32/h4-11,20-21,24-25,32-36H,12-13H2,1-3H3,(H,30,37)/t20-,21?,24+,25-/m0/s1. The Morgan fingerprint density at radius 3 is 2.33 bits per heavy atom. The van der Waals surface area contributed by atoms with E-state index in [4.69, 9.17) is 9.84 Å². The molecule has 0 bridgehead atoms. The van der Waals surface area contributed by atoms with Gasteiger partial charge in [0.25, 0.3) is 11.8 Å². The number of likely N-dealkylation sites (N-methyl/N-ethyl adjacent to an activating group) is 1. The summed E-state index contributed by atoms with van der Waals surface area (Å²) in [6.45, 7) is 2.54. The van der Waals surface area contributed by atoms with E-state index < -0.39 is 54.3 Å². The Bertz CT molecular complexity index is 1340. The zero-order valence-corrected chi connectivity index (χ0v) is 21.6. The lowest BCUT2D eigenvalue weighted by atomic mass is 9.91. The molecule has 0 saturated carbocycles. The van der Waals surface area contributed by atoms with Gasteiger partial charge in [0.2, 0.25) is 0 Å². The van der Waals surface area contributed by atoms with Crippen LogP contribution in [0.3, 0.4) is 0 Å². The number of hydrogen-bond acceptors (Lipinski definition) is 8. The minimum Gasteiger partial charge on any atom is -0.482 e. The first kappa shape index (κ1) is 28.4. The molecule has 4 atom stereocenters. The van der Waals surface area contributed by atoms with Crippen LogP contribution in [0.1, 0.15) is 35.3 Å². The van der Waals surface area contributed by atoms with Gasteiger partial charge in [-0.1, -0.05) is 12.1 Å². The van der Waals surface area contributed by atoms with Crippen molar-refractivity contribution in [1.82, 2.24) is 4.90 Å². The van der Waals surface area contributed by atoms with Crippen molar-refractivity contribution in [3.8, 4) is 0 Å². The summed E-state index contributed by atoms with van der Waals surface area (Å²) < 4.78 is 19.8. The highest BCUT2D eigenvalue weighted by Gasteiger charge is 2.38. The summed E-state index contributed by atoms with van der Waals surface area (Å²) in [6, 6.07) is 10.7. The summed E-state index contributed by atoms with van der Waals surface area (Å²) in [6.07, 6.45) is -5.03. The van der Waals surface area contributed by atoms with Gasteiger partial charge in [-0.3, -0.25) is 9.59 Å². The van der Waals surface area contributed by atoms with Crippen LogP contribution >= 0.6 is 0 Å². The maximum Gasteiger partial charge on any atom is 0.260 e. The number of amides is 2. The molecule has 0 saturated heterocycles. The number of aliphatic hydroxyl groups is 5. The molecule has 2 aromatic rings. The maximum atomic E-state index is 13.6. The summed E-state index contributed by atoms with van der Waals surface area (Å²) in [5.41, 5.74) is 2.20. The molecule has 0 fully saturated rings. The summed E-state index contributed by atoms with van der Waals surface area (Å²) in [4.78, 5) is 26.7. The number of anilines is 1. The summed E-state index contributed by atoms with van der Waals surface area (Å²) >= 11 is 0. The van der Waals surface area contributed by atoms with Crippen molar-refractivity contribution in [2.75, 3.05) is 25.5 Å². The summed E-state index contributed by atoms with van der Waals surface area (Å²) in [7, 11) is 1.41. The van der Waals surface area contributed by atoms with Gasteiger partial charge in [-0.05, 0) is 55.8 Å². The van der Waals surface area contributed by atoms with E-state index in [1.165, 1.54) is 25.2 Å². The molecule has 39 heavy (non-hydrogen) atoms. The lowest BCUT2D eigenvalue weighted by Gasteiger charge is -2.28. The molecule has 2 amide bonds. The van der Waals surface area contributed by atoms with E-state index in [1.807, 2.05) is 13.8 Å². The van der Waals surface area contributed by atoms with Crippen LogP contribution in [0.25, 0.3) is 11.1 Å². The van der Waals surface area contributed by atoms with Crippen LogP contribution in [0.5, 0.6) is 0 Å². The minimum atomic E-state index is -1.79. The molecule has 2 aliphatic rings. The zero-order valence-electron chi connectivity index (χ0n) is 21.6. The third kappa shape index (κ3) is 5.58. The number of carbonyl (C=O) groups is 2. The second kappa shape index (κ2) is 10.9. The Morgan fingerprint density at radius 1 is 1.05 bits per heavy atom. The summed E-state index contributed by atoms with van der Waals surface area (Å²) in [5, 5.41) is 51.0. The highest BCUT2D eigenvalue weighted by Crippen LogP contribution is 2.44. The number of hydrogen-bond donors (Lipinski definition) is 6. The Kier molecular flexibility index (Phi) is 7.92. The molecule has 2 aliphatic heterocycles. The quantitative estimate of drug-likeness (QED) is 0.268. The normalized spacial score (nSPS) is 20.8. The second-order valence-electron chi connectivity index (χ2n) is 10.1. The van der Waals surface area contributed by atoms with Crippen molar-refractivity contribution in [2.45, 2.75) is 43.9 Å². The van der Waals surface area contributed by atoms with Crippen LogP contribution in [0.2, 0.25) is 0 Å². The number of nitrogens with zero attached hydrogens (tertiary/aromatic N) is 1. The molecule has 1 unspecified atom stereocenters. The monoisotopic (exact) mass is 542 g/mol. The van der Waals surface area contributed by atoms with E-state index in [-0.39, 0.29) is 6.54 Å². The van der Waals surface area contributed by atoms with Crippen molar-refractivity contribution >= 4 is 28.6 Å². The smallest absolute Gasteiger partial charge is 0.260 e. The van der Waals surface area contributed by atoms with Crippen LogP contribution in [-0.2, 0) is 9.53 Å². The van der Waals surface area contributed by atoms with Gasteiger partial charge < -0.3 is 40.5 Å². The van der Waals surface area contributed by atoms with E-state index in [2.05, 4.69) is 5.32 Å². The predicted octanol–water partition coefficient (Wildman–Crippen LogP) is 0.889. The third-order valence-corrected chi connectivity index (χ3v) is 6.84. The number of carbonyl (C=O) groups excluding carboxylic acids is 2. The Morgan fingerprint density at radius 2 is 1.69 bits per heavy atom. The van der Waals surface area contributed by atoms with E-state index in [9.17, 15) is 34.4 Å². The van der Waals surface area contributed by atoms with Gasteiger partial charge >= 0.3 is 0 Å². The number of ether oxygens (including phenoxy) is 1. The number of fused-ring (bicyclic) bond motifs is 1. The van der Waals surface area contributed by atoms with Gasteiger partial charge in [-0.25, -0.2) is 4.39 Å². The lowest BCUT2D eigenvalue weighted by molar-refractivity contribution is -0.117. The lowest BCUT2D eigenvalue weighted by Crippen LogP contribution is -2.49. The maximum absolute atomic E-state index is 13.6. The fourth-order valence-electron chi connectivity index (χ4n) is 4.66. The third-order valence-electron chi connectivity index (χ3n) is 6.84. The van der Waals surface area contributed by atoms with Crippen molar-refractivity contribution < 1.29 is 44.2 Å². The molecule has 4 rings (SSSR count). The Hall–Kier alpha value is -3.61. The average Bonchev–Trinajstić information content (AvgIpc) is 3.40. The molecule has 11 heteroatoms. The molecule has 6 N–H and O–H groups in total. The molecular weight excluding hydrogens is 511 g/mol. The van der Waals surface area contributed by atoms with E-state index >= 15 is 0 Å². The predicted molar refractivity (Wildman–Crippen MR) is 140 cm³/mol. The van der Waals surface area contributed by atoms with Gasteiger partial charge in [-0.2, -0.15) is 0 Å². The van der Waals surface area contributed by atoms with Crippen LogP contribution in [0.4, 0.5) is 10.1 Å². The van der Waals surface area contributed by atoms with Crippen molar-refractivity contribution in [1.29, 1.82) is 0 Å². The molecule has 0 radical (unpaired) electrons. The molecule has 208 valence electrons. The van der Waals surface area contributed by atoms with E-state index in [0.717, 1.165) is 16.0 Å². The summed E-state index contributed by atoms with van der Waals surface area (Å²) in [5.74, 6) is -0.976. The SMILES string of the molecule is CN(C[C@H](O)[C@@H](O)[C@@H](O)C(O)CO)C(=O)c1ccc(C2=CC(=C3C(=O)Nc4cc(F)ccc43)OC2(C)C)cc1. The van der Waals surface area contributed by atoms with Gasteiger partial charge in [0.05, 0.1) is 17.9 Å². The highest BCUT2D eigenvalue weighted by molar-refractivity contribution is 6.32.